The third kappa shape index (κ3) is 4.41. The molecule has 0 spiro atoms. The summed E-state index contributed by atoms with van der Waals surface area (Å²) in [4.78, 5) is 13.5. The molecule has 0 saturated carbocycles. The standard InChI is InChI=1S/C19H22N2O2/c22-19(23)17-8-4-7-16(11-17)12-20-18-9-10-21(14-18)13-15-5-2-1-3-6-15/h1-8,11,18,20H,9-10,12-14H2,(H,22,23). The lowest BCUT2D eigenvalue weighted by molar-refractivity contribution is 0.0696. The van der Waals surface area contributed by atoms with Crippen LogP contribution < -0.4 is 5.32 Å². The molecule has 0 bridgehead atoms. The van der Waals surface area contributed by atoms with E-state index in [0.29, 0.717) is 18.2 Å². The zero-order valence-corrected chi connectivity index (χ0v) is 13.1. The van der Waals surface area contributed by atoms with Crippen LogP contribution in [-0.2, 0) is 13.1 Å². The second kappa shape index (κ2) is 7.40. The number of benzene rings is 2. The molecule has 0 amide bonds. The van der Waals surface area contributed by atoms with Gasteiger partial charge in [-0.25, -0.2) is 4.79 Å². The van der Waals surface area contributed by atoms with Crippen molar-refractivity contribution in [3.8, 4) is 0 Å². The Kier molecular flexibility index (Phi) is 5.05. The van der Waals surface area contributed by atoms with E-state index in [1.807, 2.05) is 12.1 Å². The predicted molar refractivity (Wildman–Crippen MR) is 90.4 cm³/mol. The van der Waals surface area contributed by atoms with E-state index >= 15 is 0 Å². The SMILES string of the molecule is O=C(O)c1cccc(CNC2CCN(Cc3ccccc3)C2)c1. The van der Waals surface area contributed by atoms with Crippen molar-refractivity contribution in [3.05, 3.63) is 71.3 Å². The van der Waals surface area contributed by atoms with Crippen LogP contribution in [0.3, 0.4) is 0 Å². The topological polar surface area (TPSA) is 52.6 Å². The molecule has 1 atom stereocenters. The summed E-state index contributed by atoms with van der Waals surface area (Å²) in [5.41, 5.74) is 2.72. The zero-order chi connectivity index (χ0) is 16.1. The van der Waals surface area contributed by atoms with Gasteiger partial charge in [-0.2, -0.15) is 0 Å². The maximum absolute atomic E-state index is 11.0. The summed E-state index contributed by atoms with van der Waals surface area (Å²) < 4.78 is 0. The van der Waals surface area contributed by atoms with Gasteiger partial charge in [0.2, 0.25) is 0 Å². The van der Waals surface area contributed by atoms with Crippen molar-refractivity contribution in [3.63, 3.8) is 0 Å². The van der Waals surface area contributed by atoms with Gasteiger partial charge >= 0.3 is 5.97 Å². The summed E-state index contributed by atoms with van der Waals surface area (Å²) in [6.07, 6.45) is 1.13. The van der Waals surface area contributed by atoms with Gasteiger partial charge in [-0.3, -0.25) is 4.90 Å². The van der Waals surface area contributed by atoms with Crippen LogP contribution in [0.4, 0.5) is 0 Å². The number of carboxylic acid groups (broad SMARTS) is 1. The summed E-state index contributed by atoms with van der Waals surface area (Å²) in [7, 11) is 0. The summed E-state index contributed by atoms with van der Waals surface area (Å²) >= 11 is 0. The minimum Gasteiger partial charge on any atom is -0.478 e. The van der Waals surface area contributed by atoms with E-state index in [9.17, 15) is 4.79 Å². The van der Waals surface area contributed by atoms with Crippen LogP contribution in [-0.4, -0.2) is 35.1 Å². The molecule has 1 aliphatic heterocycles. The van der Waals surface area contributed by atoms with Gasteiger partial charge in [-0.1, -0.05) is 42.5 Å². The fourth-order valence-electron chi connectivity index (χ4n) is 3.06. The van der Waals surface area contributed by atoms with E-state index in [4.69, 9.17) is 5.11 Å². The molecule has 0 radical (unpaired) electrons. The quantitative estimate of drug-likeness (QED) is 0.861. The molecular weight excluding hydrogens is 288 g/mol. The molecule has 23 heavy (non-hydrogen) atoms. The molecule has 2 aromatic rings. The van der Waals surface area contributed by atoms with Crippen molar-refractivity contribution in [2.24, 2.45) is 0 Å². The average molecular weight is 310 g/mol. The number of rotatable bonds is 6. The van der Waals surface area contributed by atoms with Gasteiger partial charge in [-0.05, 0) is 29.7 Å². The minimum absolute atomic E-state index is 0.349. The minimum atomic E-state index is -0.873. The van der Waals surface area contributed by atoms with Crippen LogP contribution in [0.25, 0.3) is 0 Å². The number of likely N-dealkylation sites (tertiary alicyclic amines) is 1. The van der Waals surface area contributed by atoms with Crippen LogP contribution >= 0.6 is 0 Å². The number of hydrogen-bond donors (Lipinski definition) is 2. The van der Waals surface area contributed by atoms with E-state index in [1.54, 1.807) is 18.2 Å². The van der Waals surface area contributed by atoms with Crippen molar-refractivity contribution in [1.82, 2.24) is 10.2 Å². The molecule has 0 aromatic heterocycles. The fourth-order valence-corrected chi connectivity index (χ4v) is 3.06. The summed E-state index contributed by atoms with van der Waals surface area (Å²) in [6, 6.07) is 18.1. The van der Waals surface area contributed by atoms with Gasteiger partial charge in [0.1, 0.15) is 0 Å². The Morgan fingerprint density at radius 1 is 1.13 bits per heavy atom. The smallest absolute Gasteiger partial charge is 0.335 e. The van der Waals surface area contributed by atoms with Gasteiger partial charge in [0.15, 0.2) is 0 Å². The number of carbonyl (C=O) groups is 1. The highest BCUT2D eigenvalue weighted by Gasteiger charge is 2.21. The van der Waals surface area contributed by atoms with Crippen LogP contribution in [0.5, 0.6) is 0 Å². The third-order valence-electron chi connectivity index (χ3n) is 4.29. The predicted octanol–water partition coefficient (Wildman–Crippen LogP) is 2.75. The molecule has 3 rings (SSSR count). The zero-order valence-electron chi connectivity index (χ0n) is 13.1. The number of aromatic carboxylic acids is 1. The first-order chi connectivity index (χ1) is 11.2. The van der Waals surface area contributed by atoms with Crippen molar-refractivity contribution in [2.45, 2.75) is 25.6 Å². The van der Waals surface area contributed by atoms with Crippen LogP contribution in [0, 0.1) is 0 Å². The van der Waals surface area contributed by atoms with E-state index < -0.39 is 5.97 Å². The summed E-state index contributed by atoms with van der Waals surface area (Å²) in [6.45, 7) is 3.84. The molecule has 120 valence electrons. The molecule has 1 aliphatic rings. The lowest BCUT2D eigenvalue weighted by Crippen LogP contribution is -2.32. The van der Waals surface area contributed by atoms with E-state index in [0.717, 1.165) is 31.6 Å². The maximum Gasteiger partial charge on any atom is 0.335 e. The number of hydrogen-bond acceptors (Lipinski definition) is 3. The fraction of sp³-hybridized carbons (Fsp3) is 0.316. The Bertz CT molecular complexity index is 657. The molecular formula is C19H22N2O2. The summed E-state index contributed by atoms with van der Waals surface area (Å²) in [5.74, 6) is -0.873. The van der Waals surface area contributed by atoms with Gasteiger partial charge in [0.05, 0.1) is 5.56 Å². The molecule has 1 heterocycles. The summed E-state index contributed by atoms with van der Waals surface area (Å²) in [5, 5.41) is 12.6. The first kappa shape index (κ1) is 15.7. The van der Waals surface area contributed by atoms with Crippen LogP contribution in [0.15, 0.2) is 54.6 Å². The lowest BCUT2D eigenvalue weighted by Gasteiger charge is -2.17. The highest BCUT2D eigenvalue weighted by Crippen LogP contribution is 2.14. The lowest BCUT2D eigenvalue weighted by atomic mass is 10.1. The second-order valence-electron chi connectivity index (χ2n) is 6.09. The molecule has 2 aromatic carbocycles. The first-order valence-electron chi connectivity index (χ1n) is 8.02. The van der Waals surface area contributed by atoms with Crippen LogP contribution in [0.2, 0.25) is 0 Å². The van der Waals surface area contributed by atoms with E-state index in [2.05, 4.69) is 34.5 Å². The maximum atomic E-state index is 11.0. The molecule has 0 aliphatic carbocycles. The highest BCUT2D eigenvalue weighted by atomic mass is 16.4. The van der Waals surface area contributed by atoms with Gasteiger partial charge < -0.3 is 10.4 Å². The Morgan fingerprint density at radius 2 is 1.91 bits per heavy atom. The van der Waals surface area contributed by atoms with Gasteiger partial charge in [-0.15, -0.1) is 0 Å². The van der Waals surface area contributed by atoms with Gasteiger partial charge in [0.25, 0.3) is 0 Å². The highest BCUT2D eigenvalue weighted by molar-refractivity contribution is 5.87. The van der Waals surface area contributed by atoms with Crippen molar-refractivity contribution >= 4 is 5.97 Å². The molecule has 4 heteroatoms. The molecule has 1 saturated heterocycles. The Hall–Kier alpha value is -2.17. The average Bonchev–Trinajstić information content (AvgIpc) is 3.01. The monoisotopic (exact) mass is 310 g/mol. The van der Waals surface area contributed by atoms with E-state index in [1.165, 1.54) is 5.56 Å². The van der Waals surface area contributed by atoms with Gasteiger partial charge in [0, 0.05) is 32.2 Å². The number of carboxylic acids is 1. The van der Waals surface area contributed by atoms with Crippen molar-refractivity contribution in [2.75, 3.05) is 13.1 Å². The molecule has 1 fully saturated rings. The largest absolute Gasteiger partial charge is 0.478 e. The first-order valence-corrected chi connectivity index (χ1v) is 8.02. The Labute approximate surface area is 136 Å². The van der Waals surface area contributed by atoms with Crippen molar-refractivity contribution < 1.29 is 9.90 Å². The molecule has 2 N–H and O–H groups in total. The number of nitrogens with zero attached hydrogens (tertiary/aromatic N) is 1. The van der Waals surface area contributed by atoms with Crippen molar-refractivity contribution in [1.29, 1.82) is 0 Å². The Balaban J connectivity index is 1.48. The third-order valence-corrected chi connectivity index (χ3v) is 4.29. The van der Waals surface area contributed by atoms with E-state index in [-0.39, 0.29) is 0 Å². The number of nitrogens with one attached hydrogen (secondary N) is 1. The van der Waals surface area contributed by atoms with Crippen LogP contribution in [0.1, 0.15) is 27.9 Å². The second-order valence-corrected chi connectivity index (χ2v) is 6.09. The molecule has 4 nitrogen and oxygen atoms in total. The Morgan fingerprint density at radius 3 is 2.70 bits per heavy atom. The molecule has 1 unspecified atom stereocenters. The normalized spacial score (nSPS) is 18.2.